The number of carbonyl (C=O) groups excluding carboxylic acids is 2. The molecule has 1 N–H and O–H groups in total. The molecule has 4 nitrogen and oxygen atoms in total. The largest absolute Gasteiger partial charge is 0.325 e. The summed E-state index contributed by atoms with van der Waals surface area (Å²) in [5, 5.41) is 2.01. The smallest absolute Gasteiger partial charge is 0.246 e. The van der Waals surface area contributed by atoms with Crippen LogP contribution in [0.3, 0.4) is 0 Å². The van der Waals surface area contributed by atoms with Crippen LogP contribution in [0.2, 0.25) is 0 Å². The van der Waals surface area contributed by atoms with E-state index in [0.29, 0.717) is 11.4 Å². The van der Waals surface area contributed by atoms with Crippen molar-refractivity contribution >= 4 is 46.6 Å². The van der Waals surface area contributed by atoms with Crippen molar-refractivity contribution in [1.82, 2.24) is 0 Å². The number of thioether (sulfide) groups is 1. The molecule has 0 bridgehead atoms. The number of nitrogens with zero attached hydrogens (tertiary/aromatic N) is 1. The molecular formula is C25H23ClN2O2S. The minimum Gasteiger partial charge on any atom is -0.325 e. The number of nitrogens with one attached hydrogen (secondary N) is 1. The van der Waals surface area contributed by atoms with Gasteiger partial charge in [-0.2, -0.15) is 0 Å². The molecule has 1 fully saturated rings. The lowest BCUT2D eigenvalue weighted by atomic mass is 10.1. The number of hydrogen-bond acceptors (Lipinski definition) is 3. The van der Waals surface area contributed by atoms with Crippen LogP contribution in [0.1, 0.15) is 33.0 Å². The predicted molar refractivity (Wildman–Crippen MR) is 129 cm³/mol. The van der Waals surface area contributed by atoms with Gasteiger partial charge in [0.05, 0.1) is 5.75 Å². The molecule has 2 amide bonds. The maximum atomic E-state index is 12.7. The summed E-state index contributed by atoms with van der Waals surface area (Å²) < 4.78 is 0. The first kappa shape index (κ1) is 21.5. The molecule has 158 valence electrons. The lowest BCUT2D eigenvalue weighted by Gasteiger charge is -2.26. The molecule has 0 unspecified atom stereocenters. The number of aryl methyl sites for hydroxylation is 1. The topological polar surface area (TPSA) is 49.4 Å². The van der Waals surface area contributed by atoms with Gasteiger partial charge in [-0.25, -0.2) is 0 Å². The Morgan fingerprint density at radius 2 is 1.74 bits per heavy atom. The SMILES string of the molecule is Cc1cccc(N2C(=O)CS[C@H]2c2ccc(NC(=O)[C@@H](Cl)c3ccccc3)cc2)c1C. The second-order valence-corrected chi connectivity index (χ2v) is 9.04. The number of hydrogen-bond donors (Lipinski definition) is 1. The van der Waals surface area contributed by atoms with Crippen LogP contribution in [0.15, 0.2) is 72.8 Å². The Morgan fingerprint density at radius 3 is 2.45 bits per heavy atom. The van der Waals surface area contributed by atoms with Gasteiger partial charge >= 0.3 is 0 Å². The third kappa shape index (κ3) is 4.48. The number of anilines is 2. The first-order valence-corrected chi connectivity index (χ1v) is 11.5. The molecule has 3 aromatic rings. The normalized spacial score (nSPS) is 16.9. The highest BCUT2D eigenvalue weighted by molar-refractivity contribution is 8.00. The Balaban J connectivity index is 1.51. The van der Waals surface area contributed by atoms with Gasteiger partial charge in [-0.15, -0.1) is 23.4 Å². The van der Waals surface area contributed by atoms with Crippen LogP contribution in [0.25, 0.3) is 0 Å². The third-order valence-electron chi connectivity index (χ3n) is 5.49. The van der Waals surface area contributed by atoms with Gasteiger partial charge in [-0.3, -0.25) is 14.5 Å². The van der Waals surface area contributed by atoms with Crippen molar-refractivity contribution in [3.8, 4) is 0 Å². The molecule has 1 aliphatic heterocycles. The Hall–Kier alpha value is -2.76. The van der Waals surface area contributed by atoms with E-state index >= 15 is 0 Å². The van der Waals surface area contributed by atoms with Crippen LogP contribution in [0.5, 0.6) is 0 Å². The van der Waals surface area contributed by atoms with E-state index in [-0.39, 0.29) is 17.2 Å². The number of alkyl halides is 1. The molecule has 31 heavy (non-hydrogen) atoms. The highest BCUT2D eigenvalue weighted by atomic mass is 35.5. The minimum atomic E-state index is -0.760. The summed E-state index contributed by atoms with van der Waals surface area (Å²) in [7, 11) is 0. The summed E-state index contributed by atoms with van der Waals surface area (Å²) in [5.74, 6) is 0.276. The number of carbonyl (C=O) groups is 2. The third-order valence-corrected chi connectivity index (χ3v) is 7.15. The van der Waals surface area contributed by atoms with Crippen LogP contribution >= 0.6 is 23.4 Å². The van der Waals surface area contributed by atoms with Crippen molar-refractivity contribution in [3.63, 3.8) is 0 Å². The fourth-order valence-electron chi connectivity index (χ4n) is 3.64. The Morgan fingerprint density at radius 1 is 1.03 bits per heavy atom. The molecule has 6 heteroatoms. The average molecular weight is 451 g/mol. The predicted octanol–water partition coefficient (Wildman–Crippen LogP) is 6.00. The highest BCUT2D eigenvalue weighted by Crippen LogP contribution is 2.43. The average Bonchev–Trinajstić information content (AvgIpc) is 3.17. The highest BCUT2D eigenvalue weighted by Gasteiger charge is 2.35. The van der Waals surface area contributed by atoms with Gasteiger partial charge < -0.3 is 5.32 Å². The second-order valence-electron chi connectivity index (χ2n) is 7.53. The summed E-state index contributed by atoms with van der Waals surface area (Å²) in [6.07, 6.45) is 0. The monoisotopic (exact) mass is 450 g/mol. The Kier molecular flexibility index (Phi) is 6.35. The van der Waals surface area contributed by atoms with E-state index in [1.807, 2.05) is 78.6 Å². The van der Waals surface area contributed by atoms with E-state index in [4.69, 9.17) is 11.6 Å². The summed E-state index contributed by atoms with van der Waals surface area (Å²) in [6, 6.07) is 22.9. The van der Waals surface area contributed by atoms with Crippen molar-refractivity contribution in [2.45, 2.75) is 24.6 Å². The van der Waals surface area contributed by atoms with Crippen molar-refractivity contribution < 1.29 is 9.59 Å². The molecule has 1 aliphatic rings. The van der Waals surface area contributed by atoms with Gasteiger partial charge in [0.15, 0.2) is 0 Å². The zero-order chi connectivity index (χ0) is 22.0. The first-order valence-electron chi connectivity index (χ1n) is 10.1. The van der Waals surface area contributed by atoms with Gasteiger partial charge in [-0.1, -0.05) is 54.6 Å². The standard InChI is InChI=1S/C25H23ClN2O2S/c1-16-7-6-10-21(17(16)2)28-22(29)15-31-25(28)19-11-13-20(14-12-19)27-24(30)23(26)18-8-4-3-5-9-18/h3-14,23,25H,15H2,1-2H3,(H,27,30)/t23-,25-/m0/s1. The molecule has 0 saturated carbocycles. The number of benzene rings is 3. The molecule has 2 atom stereocenters. The molecule has 1 heterocycles. The van der Waals surface area contributed by atoms with E-state index in [1.54, 1.807) is 11.8 Å². The first-order chi connectivity index (χ1) is 15.0. The van der Waals surface area contributed by atoms with Crippen molar-refractivity contribution in [1.29, 1.82) is 0 Å². The van der Waals surface area contributed by atoms with Crippen molar-refractivity contribution in [3.05, 3.63) is 95.1 Å². The van der Waals surface area contributed by atoms with Crippen LogP contribution in [0.4, 0.5) is 11.4 Å². The Labute approximate surface area is 191 Å². The molecule has 0 aromatic heterocycles. The zero-order valence-corrected chi connectivity index (χ0v) is 18.9. The van der Waals surface area contributed by atoms with E-state index in [1.165, 1.54) is 0 Å². The summed E-state index contributed by atoms with van der Waals surface area (Å²) >= 11 is 7.92. The summed E-state index contributed by atoms with van der Waals surface area (Å²) in [4.78, 5) is 27.1. The minimum absolute atomic E-state index is 0.0946. The van der Waals surface area contributed by atoms with Gasteiger partial charge in [0, 0.05) is 11.4 Å². The molecule has 0 aliphatic carbocycles. The van der Waals surface area contributed by atoms with Gasteiger partial charge in [-0.05, 0) is 54.3 Å². The zero-order valence-electron chi connectivity index (χ0n) is 17.3. The number of halogens is 1. The van der Waals surface area contributed by atoms with E-state index < -0.39 is 5.38 Å². The molecule has 0 spiro atoms. The molecule has 1 saturated heterocycles. The van der Waals surface area contributed by atoms with Gasteiger partial charge in [0.1, 0.15) is 10.8 Å². The maximum absolute atomic E-state index is 12.7. The van der Waals surface area contributed by atoms with Crippen LogP contribution < -0.4 is 10.2 Å². The fraction of sp³-hybridized carbons (Fsp3) is 0.200. The molecule has 4 rings (SSSR count). The summed E-state index contributed by atoms with van der Waals surface area (Å²) in [5.41, 5.74) is 5.66. The van der Waals surface area contributed by atoms with Crippen molar-refractivity contribution in [2.24, 2.45) is 0 Å². The van der Waals surface area contributed by atoms with E-state index in [2.05, 4.69) is 18.3 Å². The van der Waals surface area contributed by atoms with E-state index in [9.17, 15) is 9.59 Å². The molecule has 0 radical (unpaired) electrons. The molecule has 3 aromatic carbocycles. The second kappa shape index (κ2) is 9.16. The number of amides is 2. The maximum Gasteiger partial charge on any atom is 0.246 e. The lowest BCUT2D eigenvalue weighted by molar-refractivity contribution is -0.116. The fourth-order valence-corrected chi connectivity index (χ4v) is 5.01. The lowest BCUT2D eigenvalue weighted by Crippen LogP contribution is -2.28. The number of rotatable bonds is 5. The van der Waals surface area contributed by atoms with Crippen LogP contribution in [-0.2, 0) is 9.59 Å². The van der Waals surface area contributed by atoms with Crippen molar-refractivity contribution in [2.75, 3.05) is 16.0 Å². The van der Waals surface area contributed by atoms with Crippen LogP contribution in [-0.4, -0.2) is 17.6 Å². The summed E-state index contributed by atoms with van der Waals surface area (Å²) in [6.45, 7) is 4.10. The van der Waals surface area contributed by atoms with Crippen LogP contribution in [0, 0.1) is 13.8 Å². The molecular weight excluding hydrogens is 428 g/mol. The van der Waals surface area contributed by atoms with Gasteiger partial charge in [0.25, 0.3) is 0 Å². The van der Waals surface area contributed by atoms with Gasteiger partial charge in [0.2, 0.25) is 11.8 Å². The quantitative estimate of drug-likeness (QED) is 0.485. The Bertz CT molecular complexity index is 1100. The van der Waals surface area contributed by atoms with E-state index in [0.717, 1.165) is 27.9 Å².